The van der Waals surface area contributed by atoms with Crippen LogP contribution >= 0.6 is 15.9 Å². The number of hydrogen-bond acceptors (Lipinski definition) is 5. The molecule has 0 N–H and O–H groups in total. The van der Waals surface area contributed by atoms with E-state index in [0.29, 0.717) is 16.9 Å². The van der Waals surface area contributed by atoms with Crippen molar-refractivity contribution in [3.05, 3.63) is 87.8 Å². The Hall–Kier alpha value is -2.99. The summed E-state index contributed by atoms with van der Waals surface area (Å²) in [7, 11) is 0. The predicted octanol–water partition coefficient (Wildman–Crippen LogP) is 5.13. The quantitative estimate of drug-likeness (QED) is 0.231. The summed E-state index contributed by atoms with van der Waals surface area (Å²) in [6.07, 6.45) is 1.37. The van der Waals surface area contributed by atoms with Gasteiger partial charge in [-0.1, -0.05) is 52.7 Å². The third-order valence-electron chi connectivity index (χ3n) is 6.44. The van der Waals surface area contributed by atoms with Crippen LogP contribution in [0.5, 0.6) is 5.75 Å². The first kappa shape index (κ1) is 19.0. The highest BCUT2D eigenvalue weighted by molar-refractivity contribution is 9.10. The van der Waals surface area contributed by atoms with E-state index in [9.17, 15) is 14.4 Å². The summed E-state index contributed by atoms with van der Waals surface area (Å²) in [5.41, 5.74) is -0.837. The van der Waals surface area contributed by atoms with E-state index >= 15 is 0 Å². The lowest BCUT2D eigenvalue weighted by Gasteiger charge is -2.22. The molecule has 1 aliphatic heterocycles. The van der Waals surface area contributed by atoms with E-state index in [1.807, 2.05) is 25.1 Å². The lowest BCUT2D eigenvalue weighted by atomic mass is 9.83. The molecule has 2 heterocycles. The topological polar surface area (TPSA) is 73.6 Å². The Balaban J connectivity index is 1.73. The maximum Gasteiger partial charge on any atom is 0.327 e. The molecule has 3 aromatic rings. The molecule has 30 heavy (non-hydrogen) atoms. The SMILES string of the molecule is Cc1ccc(C(=O)[C@]2(C)[C@H]3c4cc(Br)ccc4OC(=O)[C@]32C(=O)c2ccco2)cc1. The van der Waals surface area contributed by atoms with Crippen molar-refractivity contribution in [2.45, 2.75) is 19.8 Å². The molecule has 1 saturated carbocycles. The van der Waals surface area contributed by atoms with Gasteiger partial charge in [-0.25, -0.2) is 0 Å². The van der Waals surface area contributed by atoms with Crippen LogP contribution in [0.15, 0.2) is 69.8 Å². The number of benzene rings is 2. The summed E-state index contributed by atoms with van der Waals surface area (Å²) in [6, 6.07) is 15.5. The molecular formula is C24H17BrO5. The van der Waals surface area contributed by atoms with Crippen LogP contribution in [-0.4, -0.2) is 17.5 Å². The Morgan fingerprint density at radius 2 is 1.77 bits per heavy atom. The van der Waals surface area contributed by atoms with E-state index in [1.165, 1.54) is 12.3 Å². The number of furan rings is 1. The summed E-state index contributed by atoms with van der Waals surface area (Å²) in [4.78, 5) is 40.6. The highest BCUT2D eigenvalue weighted by Crippen LogP contribution is 2.79. The Morgan fingerprint density at radius 3 is 2.43 bits per heavy atom. The summed E-state index contributed by atoms with van der Waals surface area (Å²) >= 11 is 3.44. The van der Waals surface area contributed by atoms with Gasteiger partial charge in [-0.3, -0.25) is 14.4 Å². The van der Waals surface area contributed by atoms with Crippen LogP contribution in [0.4, 0.5) is 0 Å². The molecule has 0 saturated heterocycles. The number of carbonyl (C=O) groups excluding carboxylic acids is 3. The molecule has 1 aliphatic carbocycles. The summed E-state index contributed by atoms with van der Waals surface area (Å²) in [5, 5.41) is 0. The number of Topliss-reactive ketones (excluding diaryl/α,β-unsaturated/α-hetero) is 2. The molecular weight excluding hydrogens is 448 g/mol. The second-order valence-electron chi connectivity index (χ2n) is 8.02. The summed E-state index contributed by atoms with van der Waals surface area (Å²) in [6.45, 7) is 3.61. The van der Waals surface area contributed by atoms with Crippen molar-refractivity contribution in [2.75, 3.05) is 0 Å². The first-order chi connectivity index (χ1) is 14.3. The maximum atomic E-state index is 13.7. The van der Waals surface area contributed by atoms with E-state index in [1.54, 1.807) is 37.3 Å². The molecule has 0 bridgehead atoms. The molecule has 3 atom stereocenters. The minimum absolute atomic E-state index is 0.0378. The molecule has 5 nitrogen and oxygen atoms in total. The van der Waals surface area contributed by atoms with Crippen LogP contribution in [0.1, 0.15) is 44.9 Å². The largest absolute Gasteiger partial charge is 0.461 e. The van der Waals surface area contributed by atoms with E-state index < -0.39 is 28.5 Å². The summed E-state index contributed by atoms with van der Waals surface area (Å²) in [5.74, 6) is -1.75. The number of hydrogen-bond donors (Lipinski definition) is 0. The molecule has 2 aromatic carbocycles. The predicted molar refractivity (Wildman–Crippen MR) is 112 cm³/mol. The van der Waals surface area contributed by atoms with Crippen molar-refractivity contribution >= 4 is 33.5 Å². The van der Waals surface area contributed by atoms with Gasteiger partial charge in [-0.15, -0.1) is 0 Å². The third-order valence-corrected chi connectivity index (χ3v) is 6.94. The highest BCUT2D eigenvalue weighted by atomic mass is 79.9. The number of esters is 1. The van der Waals surface area contributed by atoms with Gasteiger partial charge in [-0.2, -0.15) is 0 Å². The third kappa shape index (κ3) is 2.25. The Labute approximate surface area is 181 Å². The van der Waals surface area contributed by atoms with Crippen LogP contribution in [0, 0.1) is 17.8 Å². The average Bonchev–Trinajstić information content (AvgIpc) is 3.04. The lowest BCUT2D eigenvalue weighted by Crippen LogP contribution is -2.39. The first-order valence-corrected chi connectivity index (χ1v) is 10.3. The molecule has 0 radical (unpaired) electrons. The van der Waals surface area contributed by atoms with E-state index in [0.717, 1.165) is 10.0 Å². The van der Waals surface area contributed by atoms with Gasteiger partial charge >= 0.3 is 5.97 Å². The van der Waals surface area contributed by atoms with Crippen molar-refractivity contribution in [3.63, 3.8) is 0 Å². The van der Waals surface area contributed by atoms with Crippen molar-refractivity contribution in [1.29, 1.82) is 0 Å². The smallest absolute Gasteiger partial charge is 0.327 e. The molecule has 1 aromatic heterocycles. The second kappa shape index (κ2) is 6.25. The minimum atomic E-state index is -1.67. The molecule has 0 amide bonds. The van der Waals surface area contributed by atoms with Crippen molar-refractivity contribution in [1.82, 2.24) is 0 Å². The number of ether oxygens (including phenoxy) is 1. The van der Waals surface area contributed by atoms with E-state index in [4.69, 9.17) is 9.15 Å². The van der Waals surface area contributed by atoms with E-state index in [-0.39, 0.29) is 11.5 Å². The number of rotatable bonds is 4. The Bertz CT molecular complexity index is 1210. The van der Waals surface area contributed by atoms with Gasteiger partial charge in [0.2, 0.25) is 5.78 Å². The zero-order valence-electron chi connectivity index (χ0n) is 16.3. The normalized spacial score (nSPS) is 26.4. The first-order valence-electron chi connectivity index (χ1n) is 9.53. The van der Waals surface area contributed by atoms with Crippen molar-refractivity contribution in [2.24, 2.45) is 10.8 Å². The molecule has 1 fully saturated rings. The maximum absolute atomic E-state index is 13.7. The van der Waals surface area contributed by atoms with Crippen LogP contribution in [0.2, 0.25) is 0 Å². The monoisotopic (exact) mass is 464 g/mol. The number of ketones is 2. The van der Waals surface area contributed by atoms with Gasteiger partial charge in [0.25, 0.3) is 0 Å². The second-order valence-corrected chi connectivity index (χ2v) is 8.93. The number of aryl methyl sites for hydroxylation is 1. The lowest BCUT2D eigenvalue weighted by molar-refractivity contribution is -0.140. The number of fused-ring (bicyclic) bond motifs is 3. The van der Waals surface area contributed by atoms with Gasteiger partial charge in [0.05, 0.1) is 11.7 Å². The fourth-order valence-corrected chi connectivity index (χ4v) is 5.27. The fraction of sp³-hybridized carbons (Fsp3) is 0.208. The summed E-state index contributed by atoms with van der Waals surface area (Å²) < 4.78 is 11.7. The Morgan fingerprint density at radius 1 is 1.03 bits per heavy atom. The molecule has 5 rings (SSSR count). The molecule has 2 aliphatic rings. The molecule has 0 unspecified atom stereocenters. The van der Waals surface area contributed by atoms with Gasteiger partial charge in [0.1, 0.15) is 5.75 Å². The fourth-order valence-electron chi connectivity index (χ4n) is 4.89. The molecule has 150 valence electrons. The minimum Gasteiger partial charge on any atom is -0.461 e. The Kier molecular flexibility index (Phi) is 3.96. The molecule has 0 spiro atoms. The van der Waals surface area contributed by atoms with Crippen LogP contribution in [-0.2, 0) is 4.79 Å². The van der Waals surface area contributed by atoms with E-state index in [2.05, 4.69) is 15.9 Å². The zero-order valence-corrected chi connectivity index (χ0v) is 17.9. The van der Waals surface area contributed by atoms with Gasteiger partial charge in [0, 0.05) is 21.5 Å². The number of halogens is 1. The van der Waals surface area contributed by atoms with Crippen LogP contribution in [0.25, 0.3) is 0 Å². The van der Waals surface area contributed by atoms with Crippen LogP contribution < -0.4 is 4.74 Å². The average molecular weight is 465 g/mol. The van der Waals surface area contributed by atoms with Gasteiger partial charge < -0.3 is 9.15 Å². The number of carbonyl (C=O) groups is 3. The zero-order chi connectivity index (χ0) is 21.3. The van der Waals surface area contributed by atoms with Crippen molar-refractivity contribution < 1.29 is 23.5 Å². The standard InChI is InChI=1S/C24H17BrO5/c1-13-5-7-14(8-6-13)20(26)23(2)19-16-12-15(25)9-10-17(16)30-22(28)24(19,23)21(27)18-4-3-11-29-18/h3-12,19H,1-2H3/t19-,23+,24-/m1/s1. The van der Waals surface area contributed by atoms with Crippen LogP contribution in [0.3, 0.4) is 0 Å². The van der Waals surface area contributed by atoms with Crippen molar-refractivity contribution in [3.8, 4) is 5.75 Å². The highest BCUT2D eigenvalue weighted by Gasteiger charge is 2.88. The van der Waals surface area contributed by atoms with Gasteiger partial charge in [-0.05, 0) is 37.3 Å². The molecule has 6 heteroatoms. The van der Waals surface area contributed by atoms with Gasteiger partial charge in [0.15, 0.2) is 17.0 Å².